The molecule has 0 N–H and O–H groups in total. The van der Waals surface area contributed by atoms with Crippen LogP contribution in [0.1, 0.15) is 11.1 Å². The Hall–Kier alpha value is -1.40. The van der Waals surface area contributed by atoms with E-state index in [0.29, 0.717) is 0 Å². The molecule has 0 fully saturated rings. The zero-order valence-electron chi connectivity index (χ0n) is 13.9. The first-order valence-electron chi connectivity index (χ1n) is 7.69. The van der Waals surface area contributed by atoms with Gasteiger partial charge < -0.3 is 0 Å². The SMILES string of the molecule is CS(=O)(=O)C1(c2cc(Cl)c(Cl)c(Cl)c2)C=CC(F)(c2ccccc2)C(F)=C1. The number of halogens is 5. The summed E-state index contributed by atoms with van der Waals surface area (Å²) < 4.78 is 53.6. The number of rotatable bonds is 3. The number of benzene rings is 2. The first-order valence-corrected chi connectivity index (χ1v) is 10.7. The molecule has 2 nitrogen and oxygen atoms in total. The molecule has 0 saturated carbocycles. The van der Waals surface area contributed by atoms with E-state index in [1.54, 1.807) is 18.2 Å². The number of hydrogen-bond acceptors (Lipinski definition) is 2. The predicted octanol–water partition coefficient (Wildman–Crippen LogP) is 6.17. The van der Waals surface area contributed by atoms with E-state index < -0.39 is 26.1 Å². The van der Waals surface area contributed by atoms with Crippen LogP contribution in [0.2, 0.25) is 15.1 Å². The predicted molar refractivity (Wildman–Crippen MR) is 106 cm³/mol. The van der Waals surface area contributed by atoms with Gasteiger partial charge >= 0.3 is 0 Å². The maximum absolute atomic E-state index is 15.4. The van der Waals surface area contributed by atoms with Crippen molar-refractivity contribution in [1.29, 1.82) is 0 Å². The van der Waals surface area contributed by atoms with Crippen LogP contribution in [0.4, 0.5) is 8.78 Å². The summed E-state index contributed by atoms with van der Waals surface area (Å²) in [4.78, 5) is 0. The van der Waals surface area contributed by atoms with Gasteiger partial charge in [0.25, 0.3) is 0 Å². The molecule has 2 atom stereocenters. The minimum atomic E-state index is -3.98. The van der Waals surface area contributed by atoms with E-state index in [4.69, 9.17) is 34.8 Å². The number of allylic oxidation sites excluding steroid dienone is 2. The van der Waals surface area contributed by atoms with Crippen molar-refractivity contribution in [1.82, 2.24) is 0 Å². The topological polar surface area (TPSA) is 34.1 Å². The molecule has 27 heavy (non-hydrogen) atoms. The third-order valence-electron chi connectivity index (χ3n) is 4.49. The Morgan fingerprint density at radius 2 is 1.48 bits per heavy atom. The molecule has 0 heterocycles. The Balaban J connectivity index is 2.25. The summed E-state index contributed by atoms with van der Waals surface area (Å²) in [5.74, 6) is -1.25. The van der Waals surface area contributed by atoms with Crippen molar-refractivity contribution in [3.63, 3.8) is 0 Å². The van der Waals surface area contributed by atoms with E-state index in [9.17, 15) is 12.8 Å². The molecule has 0 bridgehead atoms. The summed E-state index contributed by atoms with van der Waals surface area (Å²) >= 11 is 18.0. The minimum Gasteiger partial charge on any atom is -0.228 e. The highest BCUT2D eigenvalue weighted by molar-refractivity contribution is 7.92. The Morgan fingerprint density at radius 3 is 1.96 bits per heavy atom. The molecule has 1 aliphatic rings. The van der Waals surface area contributed by atoms with E-state index >= 15 is 4.39 Å². The van der Waals surface area contributed by atoms with E-state index in [1.165, 1.54) is 24.3 Å². The Bertz CT molecular complexity index is 1040. The molecule has 2 aromatic rings. The molecule has 0 aliphatic heterocycles. The fourth-order valence-corrected chi connectivity index (χ4v) is 4.75. The number of hydrogen-bond donors (Lipinski definition) is 0. The van der Waals surface area contributed by atoms with Crippen molar-refractivity contribution in [2.75, 3.05) is 6.26 Å². The lowest BCUT2D eigenvalue weighted by molar-refractivity contribution is 0.232. The van der Waals surface area contributed by atoms with Gasteiger partial charge in [-0.2, -0.15) is 0 Å². The molecule has 3 rings (SSSR count). The van der Waals surface area contributed by atoms with Crippen LogP contribution < -0.4 is 0 Å². The molecular weight excluding hydrogens is 437 g/mol. The lowest BCUT2D eigenvalue weighted by Gasteiger charge is -2.33. The average Bonchev–Trinajstić information content (AvgIpc) is 2.61. The Labute approximate surface area is 171 Å². The van der Waals surface area contributed by atoms with Crippen LogP contribution in [0.3, 0.4) is 0 Å². The molecule has 0 amide bonds. The molecule has 2 unspecified atom stereocenters. The molecule has 2 aromatic carbocycles. The van der Waals surface area contributed by atoms with Crippen molar-refractivity contribution in [3.05, 3.63) is 92.7 Å². The lowest BCUT2D eigenvalue weighted by Crippen LogP contribution is -2.36. The first kappa shape index (κ1) is 20.3. The normalized spacial score (nSPS) is 25.3. The van der Waals surface area contributed by atoms with Crippen LogP contribution in [0.5, 0.6) is 0 Å². The number of sulfone groups is 1. The van der Waals surface area contributed by atoms with Crippen molar-refractivity contribution in [2.24, 2.45) is 0 Å². The third kappa shape index (κ3) is 3.31. The second kappa shape index (κ2) is 6.89. The van der Waals surface area contributed by atoms with Crippen LogP contribution in [0.25, 0.3) is 0 Å². The summed E-state index contributed by atoms with van der Waals surface area (Å²) in [7, 11) is -3.98. The van der Waals surface area contributed by atoms with E-state index in [-0.39, 0.29) is 26.2 Å². The third-order valence-corrected chi connectivity index (χ3v) is 7.41. The molecule has 0 spiro atoms. The first-order chi connectivity index (χ1) is 12.5. The Morgan fingerprint density at radius 1 is 0.926 bits per heavy atom. The van der Waals surface area contributed by atoms with Gasteiger partial charge in [-0.15, -0.1) is 0 Å². The van der Waals surface area contributed by atoms with E-state index in [1.807, 2.05) is 0 Å². The standard InChI is InChI=1S/C19H13Cl3F2O2S/c1-27(25,26)18(13-9-14(20)17(22)15(21)10-13)7-8-19(24,16(23)11-18)12-5-3-2-4-6-12/h2-11H,1H3. The van der Waals surface area contributed by atoms with Crippen LogP contribution in [0.15, 0.2) is 66.5 Å². The second-order valence-corrected chi connectivity index (χ2v) is 9.63. The summed E-state index contributed by atoms with van der Waals surface area (Å²) in [6.07, 6.45) is 3.67. The molecule has 0 saturated heterocycles. The van der Waals surface area contributed by atoms with E-state index in [0.717, 1.165) is 24.5 Å². The van der Waals surface area contributed by atoms with Crippen LogP contribution in [0, 0.1) is 0 Å². The van der Waals surface area contributed by atoms with Crippen molar-refractivity contribution < 1.29 is 17.2 Å². The number of alkyl halides is 1. The molecule has 142 valence electrons. The van der Waals surface area contributed by atoms with Crippen LogP contribution >= 0.6 is 34.8 Å². The molecule has 0 aromatic heterocycles. The summed E-state index contributed by atoms with van der Waals surface area (Å²) in [5, 5.41) is 0.0492. The molecule has 8 heteroatoms. The smallest absolute Gasteiger partial charge is 0.205 e. The van der Waals surface area contributed by atoms with Gasteiger partial charge in [0.15, 0.2) is 9.84 Å². The second-order valence-electron chi connectivity index (χ2n) is 6.22. The van der Waals surface area contributed by atoms with Gasteiger partial charge in [0.1, 0.15) is 10.6 Å². The average molecular weight is 450 g/mol. The monoisotopic (exact) mass is 448 g/mol. The highest BCUT2D eigenvalue weighted by atomic mass is 35.5. The van der Waals surface area contributed by atoms with Crippen molar-refractivity contribution in [3.8, 4) is 0 Å². The fourth-order valence-electron chi connectivity index (χ4n) is 2.98. The van der Waals surface area contributed by atoms with Gasteiger partial charge in [0.2, 0.25) is 5.67 Å². The quantitative estimate of drug-likeness (QED) is 0.414. The van der Waals surface area contributed by atoms with Gasteiger partial charge in [0, 0.05) is 6.26 Å². The molecule has 1 aliphatic carbocycles. The van der Waals surface area contributed by atoms with Crippen LogP contribution in [-0.4, -0.2) is 14.7 Å². The van der Waals surface area contributed by atoms with E-state index in [2.05, 4.69) is 0 Å². The molecular formula is C19H13Cl3F2O2S. The van der Waals surface area contributed by atoms with Gasteiger partial charge in [-0.05, 0) is 35.4 Å². The summed E-state index contributed by atoms with van der Waals surface area (Å²) in [5.41, 5.74) is -2.47. The zero-order chi connectivity index (χ0) is 20.0. The van der Waals surface area contributed by atoms with Crippen molar-refractivity contribution >= 4 is 44.6 Å². The maximum Gasteiger partial charge on any atom is 0.205 e. The minimum absolute atomic E-state index is 0.00421. The highest BCUT2D eigenvalue weighted by Gasteiger charge is 2.48. The fraction of sp³-hybridized carbons (Fsp3) is 0.158. The van der Waals surface area contributed by atoms with Gasteiger partial charge in [-0.25, -0.2) is 17.2 Å². The zero-order valence-corrected chi connectivity index (χ0v) is 17.0. The lowest BCUT2D eigenvalue weighted by atomic mass is 9.84. The van der Waals surface area contributed by atoms with Gasteiger partial charge in [0.05, 0.1) is 15.1 Å². The molecule has 0 radical (unpaired) electrons. The Kier molecular flexibility index (Phi) is 5.19. The van der Waals surface area contributed by atoms with Crippen molar-refractivity contribution in [2.45, 2.75) is 10.4 Å². The highest BCUT2D eigenvalue weighted by Crippen LogP contribution is 2.48. The van der Waals surface area contributed by atoms with Gasteiger partial charge in [-0.3, -0.25) is 0 Å². The summed E-state index contributed by atoms with van der Waals surface area (Å²) in [6, 6.07) is 10.2. The largest absolute Gasteiger partial charge is 0.228 e. The summed E-state index contributed by atoms with van der Waals surface area (Å²) in [6.45, 7) is 0. The van der Waals surface area contributed by atoms with Crippen LogP contribution in [-0.2, 0) is 20.3 Å². The maximum atomic E-state index is 15.4. The van der Waals surface area contributed by atoms with Gasteiger partial charge in [-0.1, -0.05) is 71.2 Å².